The largest absolute Gasteiger partial charge is 1.00 e. The van der Waals surface area contributed by atoms with Crippen molar-refractivity contribution in [2.45, 2.75) is 10.5 Å². The molecule has 0 fully saturated rings. The van der Waals surface area contributed by atoms with E-state index in [4.69, 9.17) is 0 Å². The van der Waals surface area contributed by atoms with Gasteiger partial charge in [-0.3, -0.25) is 0 Å². The summed E-state index contributed by atoms with van der Waals surface area (Å²) in [5.41, 5.74) is 0. The molecule has 0 spiro atoms. The molecular formula is C4H4K2O4S2. The van der Waals surface area contributed by atoms with Crippen LogP contribution in [0.5, 0.6) is 0 Å². The minimum absolute atomic E-state index is 0. The molecule has 8 heteroatoms. The van der Waals surface area contributed by atoms with Crippen molar-refractivity contribution >= 4 is 37.2 Å². The summed E-state index contributed by atoms with van der Waals surface area (Å²) in [6.45, 7) is 0. The van der Waals surface area contributed by atoms with E-state index in [0.717, 1.165) is 0 Å². The fraction of sp³-hybridized carbons (Fsp3) is 0.500. The Morgan fingerprint density at radius 3 is 1.17 bits per heavy atom. The zero-order chi connectivity index (χ0) is 8.31. The first-order valence-electron chi connectivity index (χ1n) is 2.24. The zero-order valence-corrected chi connectivity index (χ0v) is 14.7. The summed E-state index contributed by atoms with van der Waals surface area (Å²) in [5, 5.41) is 17.0. The molecule has 0 N–H and O–H groups in total. The van der Waals surface area contributed by atoms with Crippen molar-refractivity contribution in [2.24, 2.45) is 0 Å². The molecule has 0 aromatic heterocycles. The van der Waals surface area contributed by atoms with Gasteiger partial charge in [-0.15, -0.1) is 0 Å². The van der Waals surface area contributed by atoms with E-state index in [1.165, 1.54) is 0 Å². The number of carbonyl (C=O) groups excluding carboxylic acids is 2. The zero-order valence-electron chi connectivity index (χ0n) is 6.68. The summed E-state index contributed by atoms with van der Waals surface area (Å²) in [4.78, 5) is 19.8. The summed E-state index contributed by atoms with van der Waals surface area (Å²) in [5.74, 6) is -3.15. The van der Waals surface area contributed by atoms with Gasteiger partial charge in [0, 0.05) is 0 Å². The second-order valence-electron chi connectivity index (χ2n) is 1.53. The fourth-order valence-corrected chi connectivity index (χ4v) is 0.501. The van der Waals surface area contributed by atoms with Gasteiger partial charge in [-0.2, -0.15) is 25.3 Å². The van der Waals surface area contributed by atoms with Crippen LogP contribution in [0.4, 0.5) is 0 Å². The van der Waals surface area contributed by atoms with Crippen molar-refractivity contribution in [3.63, 3.8) is 0 Å². The molecule has 0 aromatic carbocycles. The molecule has 0 aliphatic heterocycles. The second kappa shape index (κ2) is 10.4. The maximum Gasteiger partial charge on any atom is 1.00 e. The number of aliphatic carboxylic acids is 2. The van der Waals surface area contributed by atoms with Crippen molar-refractivity contribution in [3.8, 4) is 0 Å². The quantitative estimate of drug-likeness (QED) is 0.389. The van der Waals surface area contributed by atoms with Crippen LogP contribution in [0, 0.1) is 0 Å². The van der Waals surface area contributed by atoms with Crippen molar-refractivity contribution in [2.75, 3.05) is 0 Å². The molecule has 0 heterocycles. The third kappa shape index (κ3) is 8.24. The Labute approximate surface area is 166 Å². The molecule has 2 atom stereocenters. The standard InChI is InChI=1S/C4H6O4S2.2K/c5-3(6)1(9)2(10)4(7)8;;/h1-2,9-10H,(H,5,6)(H,7,8);;/q;2*+1/p-2/t1-,2-;;/m1../s1. The second-order valence-corrected chi connectivity index (χ2v) is 2.64. The van der Waals surface area contributed by atoms with Crippen LogP contribution in [0.1, 0.15) is 0 Å². The van der Waals surface area contributed by atoms with Gasteiger partial charge in [0.1, 0.15) is 0 Å². The first kappa shape index (κ1) is 20.3. The number of carboxylic acids is 2. The van der Waals surface area contributed by atoms with Gasteiger partial charge in [0.2, 0.25) is 0 Å². The molecule has 0 unspecified atom stereocenters. The first-order chi connectivity index (χ1) is 4.46. The van der Waals surface area contributed by atoms with Crippen LogP contribution in [-0.4, -0.2) is 22.4 Å². The van der Waals surface area contributed by atoms with Gasteiger partial charge in [0.15, 0.2) is 0 Å². The number of carboxylic acid groups (broad SMARTS) is 2. The van der Waals surface area contributed by atoms with Crippen molar-refractivity contribution in [1.82, 2.24) is 0 Å². The van der Waals surface area contributed by atoms with Crippen LogP contribution in [-0.2, 0) is 9.59 Å². The summed E-state index contributed by atoms with van der Waals surface area (Å²) in [6, 6.07) is 0. The van der Waals surface area contributed by atoms with Crippen LogP contribution in [0.3, 0.4) is 0 Å². The fourth-order valence-electron chi connectivity index (χ4n) is 0.258. The van der Waals surface area contributed by atoms with E-state index < -0.39 is 22.4 Å². The van der Waals surface area contributed by atoms with Crippen LogP contribution in [0.2, 0.25) is 0 Å². The van der Waals surface area contributed by atoms with E-state index >= 15 is 0 Å². The average Bonchev–Trinajstić information content (AvgIpc) is 1.84. The molecule has 12 heavy (non-hydrogen) atoms. The summed E-state index contributed by atoms with van der Waals surface area (Å²) < 4.78 is 0. The Hall–Kier alpha value is 2.91. The Morgan fingerprint density at radius 2 is 1.08 bits per heavy atom. The molecule has 58 valence electrons. The SMILES string of the molecule is O=C([O-])[C@H](S)[C@@H](S)C(=O)[O-].[K+].[K+]. The Bertz CT molecular complexity index is 147. The summed E-state index contributed by atoms with van der Waals surface area (Å²) >= 11 is 6.80. The van der Waals surface area contributed by atoms with Gasteiger partial charge in [-0.05, 0) is 0 Å². The van der Waals surface area contributed by atoms with E-state index in [-0.39, 0.29) is 103 Å². The predicted molar refractivity (Wildman–Crippen MR) is 35.6 cm³/mol. The van der Waals surface area contributed by atoms with Gasteiger partial charge in [0.05, 0.1) is 22.4 Å². The topological polar surface area (TPSA) is 80.3 Å². The molecule has 0 radical (unpaired) electrons. The monoisotopic (exact) mass is 258 g/mol. The predicted octanol–water partition coefficient (Wildman–Crippen LogP) is -8.91. The van der Waals surface area contributed by atoms with Gasteiger partial charge < -0.3 is 19.8 Å². The molecule has 0 aliphatic rings. The molecular weight excluding hydrogens is 254 g/mol. The Kier molecular flexibility index (Phi) is 17.7. The molecule has 0 saturated heterocycles. The maximum absolute atomic E-state index is 9.92. The molecule has 0 rings (SSSR count). The smallest absolute Gasteiger partial charge is 0.549 e. The molecule has 4 nitrogen and oxygen atoms in total. The number of thiol groups is 2. The Morgan fingerprint density at radius 1 is 0.917 bits per heavy atom. The van der Waals surface area contributed by atoms with E-state index in [1.54, 1.807) is 0 Å². The number of carbonyl (C=O) groups is 2. The first-order valence-corrected chi connectivity index (χ1v) is 3.28. The van der Waals surface area contributed by atoms with Gasteiger partial charge in [-0.1, -0.05) is 0 Å². The molecule has 0 aliphatic carbocycles. The van der Waals surface area contributed by atoms with Crippen molar-refractivity contribution in [1.29, 1.82) is 0 Å². The third-order valence-electron chi connectivity index (χ3n) is 0.782. The summed E-state index contributed by atoms with van der Waals surface area (Å²) in [7, 11) is 0. The van der Waals surface area contributed by atoms with Crippen LogP contribution in [0.25, 0.3) is 0 Å². The molecule has 0 aromatic rings. The molecule has 0 saturated carbocycles. The van der Waals surface area contributed by atoms with Crippen LogP contribution >= 0.6 is 25.3 Å². The average molecular weight is 258 g/mol. The molecule has 0 amide bonds. The summed E-state index contributed by atoms with van der Waals surface area (Å²) in [6.07, 6.45) is 0. The van der Waals surface area contributed by atoms with Crippen LogP contribution in [0.15, 0.2) is 0 Å². The maximum atomic E-state index is 9.92. The molecule has 0 bridgehead atoms. The number of hydrogen-bond acceptors (Lipinski definition) is 6. The van der Waals surface area contributed by atoms with Gasteiger partial charge in [0.25, 0.3) is 0 Å². The normalized spacial score (nSPS) is 13.2. The minimum atomic E-state index is -1.58. The van der Waals surface area contributed by atoms with Crippen molar-refractivity contribution < 1.29 is 123 Å². The minimum Gasteiger partial charge on any atom is -0.549 e. The Balaban J connectivity index is -0.000000405. The van der Waals surface area contributed by atoms with E-state index in [0.29, 0.717) is 0 Å². The van der Waals surface area contributed by atoms with E-state index in [9.17, 15) is 19.8 Å². The number of rotatable bonds is 3. The van der Waals surface area contributed by atoms with Crippen LogP contribution < -0.4 is 113 Å². The number of hydrogen-bond donors (Lipinski definition) is 2. The van der Waals surface area contributed by atoms with Gasteiger partial charge >= 0.3 is 103 Å². The third-order valence-corrected chi connectivity index (χ3v) is 2.04. The van der Waals surface area contributed by atoms with E-state index in [2.05, 4.69) is 25.3 Å². The van der Waals surface area contributed by atoms with Crippen molar-refractivity contribution in [3.05, 3.63) is 0 Å². The van der Waals surface area contributed by atoms with E-state index in [1.807, 2.05) is 0 Å². The van der Waals surface area contributed by atoms with Gasteiger partial charge in [-0.25, -0.2) is 0 Å².